The highest BCUT2D eigenvalue weighted by Crippen LogP contribution is 2.44. The molecule has 1 aliphatic carbocycles. The van der Waals surface area contributed by atoms with Crippen molar-refractivity contribution in [1.82, 2.24) is 10.3 Å². The molecule has 18 heavy (non-hydrogen) atoms. The van der Waals surface area contributed by atoms with Gasteiger partial charge in [0.05, 0.1) is 5.69 Å². The molecule has 0 radical (unpaired) electrons. The molecule has 1 aromatic carbocycles. The Balaban J connectivity index is 1.96. The number of nitrogens with zero attached hydrogens (tertiary/aromatic N) is 1. The lowest BCUT2D eigenvalue weighted by Crippen LogP contribution is -2.05. The molecule has 94 valence electrons. The summed E-state index contributed by atoms with van der Waals surface area (Å²) in [6.07, 6.45) is 2.58. The Morgan fingerprint density at radius 2 is 2.06 bits per heavy atom. The van der Waals surface area contributed by atoms with Crippen molar-refractivity contribution in [2.45, 2.75) is 25.3 Å². The maximum absolute atomic E-state index is 5.92. The molecule has 1 fully saturated rings. The second-order valence-electron chi connectivity index (χ2n) is 4.64. The molecule has 0 saturated heterocycles. The normalized spacial score (nSPS) is 15.0. The van der Waals surface area contributed by atoms with Crippen molar-refractivity contribution < 1.29 is 0 Å². The fourth-order valence-corrected chi connectivity index (χ4v) is 3.33. The molecule has 0 atom stereocenters. The summed E-state index contributed by atoms with van der Waals surface area (Å²) < 4.78 is 0. The number of rotatable bonds is 4. The average Bonchev–Trinajstić information content (AvgIpc) is 3.13. The monoisotopic (exact) mass is 278 g/mol. The summed E-state index contributed by atoms with van der Waals surface area (Å²) in [5.74, 6) is 0.700. The molecule has 0 bridgehead atoms. The van der Waals surface area contributed by atoms with Gasteiger partial charge in [-0.1, -0.05) is 23.7 Å². The van der Waals surface area contributed by atoms with E-state index in [1.165, 1.54) is 23.4 Å². The standard InChI is InChI=1S/C14H15ClN2S/c1-16-8-12-13(9-2-3-9)17-14(18-12)10-4-6-11(15)7-5-10/h4-7,9,16H,2-3,8H2,1H3. The Morgan fingerprint density at radius 3 is 2.67 bits per heavy atom. The summed E-state index contributed by atoms with van der Waals surface area (Å²) in [5, 5.41) is 5.11. The summed E-state index contributed by atoms with van der Waals surface area (Å²) >= 11 is 7.71. The summed E-state index contributed by atoms with van der Waals surface area (Å²) in [6, 6.07) is 7.93. The van der Waals surface area contributed by atoms with E-state index in [4.69, 9.17) is 16.6 Å². The van der Waals surface area contributed by atoms with E-state index in [0.29, 0.717) is 5.92 Å². The molecule has 0 aliphatic heterocycles. The van der Waals surface area contributed by atoms with Gasteiger partial charge in [0.1, 0.15) is 5.01 Å². The van der Waals surface area contributed by atoms with Crippen LogP contribution in [0.3, 0.4) is 0 Å². The first kappa shape index (κ1) is 12.2. The van der Waals surface area contributed by atoms with Crippen LogP contribution in [-0.4, -0.2) is 12.0 Å². The summed E-state index contributed by atoms with van der Waals surface area (Å²) in [6.45, 7) is 0.914. The van der Waals surface area contributed by atoms with Crippen LogP contribution in [0.4, 0.5) is 0 Å². The van der Waals surface area contributed by atoms with Crippen LogP contribution in [0.2, 0.25) is 5.02 Å². The van der Waals surface area contributed by atoms with Gasteiger partial charge >= 0.3 is 0 Å². The molecule has 1 aliphatic rings. The van der Waals surface area contributed by atoms with E-state index in [0.717, 1.165) is 22.1 Å². The Bertz CT molecular complexity index is 543. The van der Waals surface area contributed by atoms with Crippen LogP contribution in [0.5, 0.6) is 0 Å². The molecular weight excluding hydrogens is 264 g/mol. The highest BCUT2D eigenvalue weighted by Gasteiger charge is 2.29. The fourth-order valence-electron chi connectivity index (χ4n) is 2.04. The lowest BCUT2D eigenvalue weighted by atomic mass is 10.2. The molecule has 0 amide bonds. The average molecular weight is 279 g/mol. The summed E-state index contributed by atoms with van der Waals surface area (Å²) in [5.41, 5.74) is 2.47. The third kappa shape index (κ3) is 2.44. The highest BCUT2D eigenvalue weighted by atomic mass is 35.5. The number of aromatic nitrogens is 1. The first-order chi connectivity index (χ1) is 8.78. The minimum absolute atomic E-state index is 0.700. The van der Waals surface area contributed by atoms with Crippen LogP contribution >= 0.6 is 22.9 Å². The molecule has 0 spiro atoms. The Labute approximate surface area is 116 Å². The van der Waals surface area contributed by atoms with Gasteiger partial charge < -0.3 is 5.32 Å². The summed E-state index contributed by atoms with van der Waals surface area (Å²) in [4.78, 5) is 6.21. The van der Waals surface area contributed by atoms with Crippen molar-refractivity contribution in [1.29, 1.82) is 0 Å². The minimum atomic E-state index is 0.700. The zero-order valence-corrected chi connectivity index (χ0v) is 11.8. The van der Waals surface area contributed by atoms with Crippen LogP contribution in [0.15, 0.2) is 24.3 Å². The van der Waals surface area contributed by atoms with Crippen LogP contribution in [0.25, 0.3) is 10.6 Å². The number of halogens is 1. The van der Waals surface area contributed by atoms with Crippen LogP contribution in [0.1, 0.15) is 29.3 Å². The van der Waals surface area contributed by atoms with E-state index < -0.39 is 0 Å². The second-order valence-corrected chi connectivity index (χ2v) is 6.16. The second kappa shape index (κ2) is 5.00. The van der Waals surface area contributed by atoms with Gasteiger partial charge in [-0.3, -0.25) is 0 Å². The Morgan fingerprint density at radius 1 is 1.33 bits per heavy atom. The molecule has 1 heterocycles. The first-order valence-electron chi connectivity index (χ1n) is 6.18. The van der Waals surface area contributed by atoms with Crippen molar-refractivity contribution in [2.75, 3.05) is 7.05 Å². The van der Waals surface area contributed by atoms with E-state index in [1.807, 2.05) is 31.3 Å². The molecule has 3 rings (SSSR count). The Kier molecular flexibility index (Phi) is 3.37. The highest BCUT2D eigenvalue weighted by molar-refractivity contribution is 7.15. The molecule has 4 heteroatoms. The molecule has 1 saturated carbocycles. The van der Waals surface area contributed by atoms with E-state index >= 15 is 0 Å². The Hall–Kier alpha value is -0.900. The predicted molar refractivity (Wildman–Crippen MR) is 77.3 cm³/mol. The van der Waals surface area contributed by atoms with Crippen LogP contribution in [0, 0.1) is 0 Å². The molecule has 0 unspecified atom stereocenters. The van der Waals surface area contributed by atoms with Crippen molar-refractivity contribution in [3.63, 3.8) is 0 Å². The molecular formula is C14H15ClN2S. The lowest BCUT2D eigenvalue weighted by molar-refractivity contribution is 0.813. The van der Waals surface area contributed by atoms with Gasteiger partial charge in [0.2, 0.25) is 0 Å². The van der Waals surface area contributed by atoms with Crippen LogP contribution in [-0.2, 0) is 6.54 Å². The van der Waals surface area contributed by atoms with E-state index in [2.05, 4.69) is 5.32 Å². The fraction of sp³-hybridized carbons (Fsp3) is 0.357. The maximum Gasteiger partial charge on any atom is 0.123 e. The van der Waals surface area contributed by atoms with Crippen molar-refractivity contribution in [2.24, 2.45) is 0 Å². The van der Waals surface area contributed by atoms with Crippen molar-refractivity contribution in [3.05, 3.63) is 39.9 Å². The zero-order chi connectivity index (χ0) is 12.5. The maximum atomic E-state index is 5.92. The molecule has 2 nitrogen and oxygen atoms in total. The van der Waals surface area contributed by atoms with Gasteiger partial charge in [-0.05, 0) is 32.0 Å². The lowest BCUT2D eigenvalue weighted by Gasteiger charge is -1.97. The van der Waals surface area contributed by atoms with E-state index in [9.17, 15) is 0 Å². The van der Waals surface area contributed by atoms with Gasteiger partial charge in [0.25, 0.3) is 0 Å². The third-order valence-electron chi connectivity index (χ3n) is 3.12. The molecule has 1 aromatic heterocycles. The molecule has 2 aromatic rings. The number of hydrogen-bond donors (Lipinski definition) is 1. The largest absolute Gasteiger partial charge is 0.315 e. The minimum Gasteiger partial charge on any atom is -0.315 e. The van der Waals surface area contributed by atoms with E-state index in [1.54, 1.807) is 11.3 Å². The van der Waals surface area contributed by atoms with Gasteiger partial charge in [-0.25, -0.2) is 4.98 Å². The zero-order valence-electron chi connectivity index (χ0n) is 10.2. The van der Waals surface area contributed by atoms with Crippen LogP contribution < -0.4 is 5.32 Å². The predicted octanol–water partition coefficient (Wildman–Crippen LogP) is 4.06. The summed E-state index contributed by atoms with van der Waals surface area (Å²) in [7, 11) is 1.98. The van der Waals surface area contributed by atoms with Gasteiger partial charge in [-0.2, -0.15) is 0 Å². The van der Waals surface area contributed by atoms with Gasteiger partial charge in [-0.15, -0.1) is 11.3 Å². The SMILES string of the molecule is CNCc1sc(-c2ccc(Cl)cc2)nc1C1CC1. The van der Waals surface area contributed by atoms with Crippen molar-refractivity contribution in [3.8, 4) is 10.6 Å². The molecule has 1 N–H and O–H groups in total. The smallest absolute Gasteiger partial charge is 0.123 e. The quantitative estimate of drug-likeness (QED) is 0.912. The topological polar surface area (TPSA) is 24.9 Å². The first-order valence-corrected chi connectivity index (χ1v) is 7.37. The number of thiazole rings is 1. The number of benzene rings is 1. The number of nitrogens with one attached hydrogen (secondary N) is 1. The third-order valence-corrected chi connectivity index (χ3v) is 4.49. The van der Waals surface area contributed by atoms with Crippen molar-refractivity contribution >= 4 is 22.9 Å². The van der Waals surface area contributed by atoms with Gasteiger partial charge in [0.15, 0.2) is 0 Å². The number of hydrogen-bond acceptors (Lipinski definition) is 3. The van der Waals surface area contributed by atoms with Gasteiger partial charge in [0, 0.05) is 27.9 Å². The van der Waals surface area contributed by atoms with E-state index in [-0.39, 0.29) is 0 Å².